The van der Waals surface area contributed by atoms with Gasteiger partial charge in [0.05, 0.1) is 0 Å². The van der Waals surface area contributed by atoms with Crippen LogP contribution in [0.15, 0.2) is 29.3 Å². The van der Waals surface area contributed by atoms with E-state index in [4.69, 9.17) is 0 Å². The molecule has 0 radical (unpaired) electrons. The van der Waals surface area contributed by atoms with Gasteiger partial charge in [0.25, 0.3) is 0 Å². The lowest BCUT2D eigenvalue weighted by atomic mass is 9.96. The summed E-state index contributed by atoms with van der Waals surface area (Å²) in [7, 11) is 1.86. The number of hydrogen-bond donors (Lipinski definition) is 2. The van der Waals surface area contributed by atoms with Gasteiger partial charge in [0.1, 0.15) is 5.82 Å². The molecular weight excluding hydrogens is 365 g/mol. The van der Waals surface area contributed by atoms with E-state index in [2.05, 4.69) is 32.3 Å². The third-order valence-corrected chi connectivity index (χ3v) is 6.31. The molecule has 29 heavy (non-hydrogen) atoms. The van der Waals surface area contributed by atoms with Crippen molar-refractivity contribution in [3.63, 3.8) is 0 Å². The van der Waals surface area contributed by atoms with E-state index in [0.29, 0.717) is 18.5 Å². The molecule has 0 bridgehead atoms. The Labute approximate surface area is 175 Å². The number of hydrogen-bond acceptors (Lipinski definition) is 3. The SMILES string of the molecule is CCCN1CCC(NC(=NC)NCC2CCN(Cc3ccccc3F)CC2)CC1. The second kappa shape index (κ2) is 11.5. The van der Waals surface area contributed by atoms with Crippen molar-refractivity contribution in [2.24, 2.45) is 10.9 Å². The molecule has 0 atom stereocenters. The normalized spacial score (nSPS) is 20.7. The second-order valence-electron chi connectivity index (χ2n) is 8.52. The van der Waals surface area contributed by atoms with Crippen LogP contribution in [0.1, 0.15) is 44.6 Å². The molecule has 6 heteroatoms. The van der Waals surface area contributed by atoms with Crippen molar-refractivity contribution in [1.29, 1.82) is 0 Å². The zero-order valence-electron chi connectivity index (χ0n) is 18.2. The molecule has 2 N–H and O–H groups in total. The topological polar surface area (TPSA) is 42.9 Å². The maximum atomic E-state index is 13.9. The lowest BCUT2D eigenvalue weighted by molar-refractivity contribution is 0.176. The van der Waals surface area contributed by atoms with Crippen LogP contribution in [0.2, 0.25) is 0 Å². The van der Waals surface area contributed by atoms with E-state index < -0.39 is 0 Å². The molecule has 3 rings (SSSR count). The van der Waals surface area contributed by atoms with Crippen LogP contribution in [0.3, 0.4) is 0 Å². The largest absolute Gasteiger partial charge is 0.356 e. The lowest BCUT2D eigenvalue weighted by Gasteiger charge is -2.34. The predicted octanol–water partition coefficient (Wildman–Crippen LogP) is 3.08. The Kier molecular flexibility index (Phi) is 8.74. The van der Waals surface area contributed by atoms with Gasteiger partial charge in [0.15, 0.2) is 5.96 Å². The van der Waals surface area contributed by atoms with Gasteiger partial charge in [-0.3, -0.25) is 9.89 Å². The second-order valence-corrected chi connectivity index (χ2v) is 8.52. The smallest absolute Gasteiger partial charge is 0.191 e. The Morgan fingerprint density at radius 1 is 1.07 bits per heavy atom. The Bertz CT molecular complexity index is 634. The molecule has 2 heterocycles. The quantitative estimate of drug-likeness (QED) is 0.542. The first kappa shape index (κ1) is 22.0. The van der Waals surface area contributed by atoms with E-state index in [1.807, 2.05) is 19.2 Å². The molecular formula is C23H38FN5. The van der Waals surface area contributed by atoms with Gasteiger partial charge in [-0.05, 0) is 63.7 Å². The average molecular weight is 404 g/mol. The van der Waals surface area contributed by atoms with E-state index in [1.54, 1.807) is 12.1 Å². The fraction of sp³-hybridized carbons (Fsp3) is 0.696. The van der Waals surface area contributed by atoms with Crippen LogP contribution in [0, 0.1) is 11.7 Å². The number of nitrogens with zero attached hydrogens (tertiary/aromatic N) is 3. The van der Waals surface area contributed by atoms with Gasteiger partial charge in [0.2, 0.25) is 0 Å². The van der Waals surface area contributed by atoms with Gasteiger partial charge in [-0.15, -0.1) is 0 Å². The number of likely N-dealkylation sites (tertiary alicyclic amines) is 2. The first-order chi connectivity index (χ1) is 14.2. The molecule has 0 aromatic heterocycles. The lowest BCUT2D eigenvalue weighted by Crippen LogP contribution is -2.50. The molecule has 0 unspecified atom stereocenters. The van der Waals surface area contributed by atoms with Crippen molar-refractivity contribution in [3.05, 3.63) is 35.6 Å². The van der Waals surface area contributed by atoms with Crippen molar-refractivity contribution < 1.29 is 4.39 Å². The summed E-state index contributed by atoms with van der Waals surface area (Å²) < 4.78 is 13.9. The zero-order valence-corrected chi connectivity index (χ0v) is 18.2. The molecule has 0 amide bonds. The van der Waals surface area contributed by atoms with Crippen molar-refractivity contribution in [2.45, 2.75) is 51.6 Å². The monoisotopic (exact) mass is 403 g/mol. The highest BCUT2D eigenvalue weighted by molar-refractivity contribution is 5.79. The predicted molar refractivity (Wildman–Crippen MR) is 119 cm³/mol. The number of guanidine groups is 1. The Morgan fingerprint density at radius 2 is 1.76 bits per heavy atom. The molecule has 5 nitrogen and oxygen atoms in total. The Hall–Kier alpha value is -1.66. The standard InChI is InChI=1S/C23H38FN5/c1-3-12-28-15-10-21(11-16-28)27-23(25-2)26-17-19-8-13-29(14-9-19)18-20-6-4-5-7-22(20)24/h4-7,19,21H,3,8-18H2,1-2H3,(H2,25,26,27). The van der Waals surface area contributed by atoms with Crippen molar-refractivity contribution in [3.8, 4) is 0 Å². The number of nitrogens with one attached hydrogen (secondary N) is 2. The summed E-state index contributed by atoms with van der Waals surface area (Å²) in [6.07, 6.45) is 5.91. The molecule has 1 aromatic rings. The summed E-state index contributed by atoms with van der Waals surface area (Å²) >= 11 is 0. The minimum atomic E-state index is -0.0910. The van der Waals surface area contributed by atoms with Gasteiger partial charge in [-0.2, -0.15) is 0 Å². The highest BCUT2D eigenvalue weighted by Gasteiger charge is 2.22. The molecule has 162 valence electrons. The highest BCUT2D eigenvalue weighted by atomic mass is 19.1. The average Bonchev–Trinajstić information content (AvgIpc) is 2.75. The summed E-state index contributed by atoms with van der Waals surface area (Å²) in [5.74, 6) is 1.50. The molecule has 2 aliphatic heterocycles. The molecule has 2 saturated heterocycles. The van der Waals surface area contributed by atoms with Crippen LogP contribution in [0.4, 0.5) is 4.39 Å². The molecule has 2 aliphatic rings. The summed E-state index contributed by atoms with van der Waals surface area (Å²) in [6.45, 7) is 9.57. The van der Waals surface area contributed by atoms with E-state index in [0.717, 1.165) is 44.0 Å². The number of piperidine rings is 2. The Morgan fingerprint density at radius 3 is 2.41 bits per heavy atom. The van der Waals surface area contributed by atoms with Crippen LogP contribution in [0.5, 0.6) is 0 Å². The molecule has 2 fully saturated rings. The number of halogens is 1. The summed E-state index contributed by atoms with van der Waals surface area (Å²) in [4.78, 5) is 9.36. The fourth-order valence-electron chi connectivity index (χ4n) is 4.46. The van der Waals surface area contributed by atoms with Gasteiger partial charge in [-0.1, -0.05) is 25.1 Å². The number of aliphatic imine (C=N–C) groups is 1. The maximum Gasteiger partial charge on any atom is 0.191 e. The number of benzene rings is 1. The molecule has 1 aromatic carbocycles. The van der Waals surface area contributed by atoms with Crippen LogP contribution in [0.25, 0.3) is 0 Å². The van der Waals surface area contributed by atoms with Gasteiger partial charge < -0.3 is 15.5 Å². The van der Waals surface area contributed by atoms with Crippen LogP contribution in [-0.2, 0) is 6.54 Å². The zero-order chi connectivity index (χ0) is 20.5. The van der Waals surface area contributed by atoms with E-state index >= 15 is 0 Å². The van der Waals surface area contributed by atoms with E-state index in [-0.39, 0.29) is 5.82 Å². The van der Waals surface area contributed by atoms with Gasteiger partial charge >= 0.3 is 0 Å². The van der Waals surface area contributed by atoms with Crippen molar-refractivity contribution >= 4 is 5.96 Å². The minimum Gasteiger partial charge on any atom is -0.356 e. The van der Waals surface area contributed by atoms with Crippen LogP contribution >= 0.6 is 0 Å². The summed E-state index contributed by atoms with van der Waals surface area (Å²) in [5, 5.41) is 7.16. The first-order valence-corrected chi connectivity index (χ1v) is 11.3. The maximum absolute atomic E-state index is 13.9. The molecule has 0 aliphatic carbocycles. The minimum absolute atomic E-state index is 0.0910. The molecule has 0 saturated carbocycles. The van der Waals surface area contributed by atoms with Crippen molar-refractivity contribution in [1.82, 2.24) is 20.4 Å². The van der Waals surface area contributed by atoms with Crippen LogP contribution in [-0.4, -0.2) is 68.1 Å². The van der Waals surface area contributed by atoms with E-state index in [9.17, 15) is 4.39 Å². The third-order valence-electron chi connectivity index (χ3n) is 6.31. The highest BCUT2D eigenvalue weighted by Crippen LogP contribution is 2.19. The van der Waals surface area contributed by atoms with Crippen molar-refractivity contribution in [2.75, 3.05) is 46.3 Å². The third kappa shape index (κ3) is 6.96. The van der Waals surface area contributed by atoms with E-state index in [1.165, 1.54) is 38.9 Å². The number of rotatable bonds is 7. The molecule has 0 spiro atoms. The van der Waals surface area contributed by atoms with Gasteiger partial charge in [0, 0.05) is 44.8 Å². The Balaban J connectivity index is 1.34. The van der Waals surface area contributed by atoms with Gasteiger partial charge in [-0.25, -0.2) is 4.39 Å². The summed E-state index contributed by atoms with van der Waals surface area (Å²) in [5.41, 5.74) is 0.804. The first-order valence-electron chi connectivity index (χ1n) is 11.3. The van der Waals surface area contributed by atoms with Crippen LogP contribution < -0.4 is 10.6 Å². The fourth-order valence-corrected chi connectivity index (χ4v) is 4.46. The summed E-state index contributed by atoms with van der Waals surface area (Å²) in [6, 6.07) is 7.65.